The molecule has 0 saturated heterocycles. The van der Waals surface area contributed by atoms with Crippen molar-refractivity contribution in [2.75, 3.05) is 19.4 Å². The van der Waals surface area contributed by atoms with E-state index in [0.717, 1.165) is 9.35 Å². The molecule has 2 aromatic rings. The summed E-state index contributed by atoms with van der Waals surface area (Å²) in [5.41, 5.74) is 0.586. The number of pyridine rings is 1. The van der Waals surface area contributed by atoms with Crippen LogP contribution < -0.4 is 5.32 Å². The van der Waals surface area contributed by atoms with E-state index in [4.69, 9.17) is 0 Å². The Bertz CT molecular complexity index is 585. The molecule has 100 valence electrons. The molecule has 0 atom stereocenters. The number of rotatable bonds is 4. The Hall–Kier alpha value is -1.40. The van der Waals surface area contributed by atoms with Crippen LogP contribution in [-0.4, -0.2) is 29.9 Å². The minimum Gasteiger partial charge on any atom is -0.372 e. The maximum absolute atomic E-state index is 12.4. The maximum atomic E-state index is 12.4. The van der Waals surface area contributed by atoms with Gasteiger partial charge in [0.05, 0.1) is 12.1 Å². The molecule has 2 rings (SSSR count). The zero-order valence-corrected chi connectivity index (χ0v) is 13.1. The molecule has 2 heterocycles. The zero-order valence-electron chi connectivity index (χ0n) is 10.7. The van der Waals surface area contributed by atoms with Crippen LogP contribution in [0, 0.1) is 0 Å². The van der Waals surface area contributed by atoms with Crippen molar-refractivity contribution in [3.8, 4) is 0 Å². The minimum absolute atomic E-state index is 0.0398. The van der Waals surface area contributed by atoms with E-state index in [2.05, 4.69) is 26.2 Å². The first-order valence-corrected chi connectivity index (χ1v) is 7.40. The molecule has 0 spiro atoms. The molecule has 0 aliphatic carbocycles. The number of carbonyl (C=O) groups is 1. The van der Waals surface area contributed by atoms with E-state index in [1.165, 1.54) is 0 Å². The van der Waals surface area contributed by atoms with Crippen LogP contribution in [0.3, 0.4) is 0 Å². The van der Waals surface area contributed by atoms with Crippen molar-refractivity contribution < 1.29 is 4.79 Å². The van der Waals surface area contributed by atoms with Crippen molar-refractivity contribution in [1.29, 1.82) is 0 Å². The topological polar surface area (TPSA) is 45.2 Å². The van der Waals surface area contributed by atoms with Crippen molar-refractivity contribution in [2.45, 2.75) is 6.54 Å². The van der Waals surface area contributed by atoms with Gasteiger partial charge in [-0.25, -0.2) is 4.98 Å². The first kappa shape index (κ1) is 14.0. The standard InChI is InChI=1S/C13H14BrN3OS/c1-15-12-11(4-3-5-16-12)13(18)17(2)7-10-6-9(14)8-19-10/h3-6,8H,7H2,1-2H3,(H,15,16). The number of amides is 1. The Labute approximate surface area is 124 Å². The summed E-state index contributed by atoms with van der Waals surface area (Å²) in [7, 11) is 3.55. The van der Waals surface area contributed by atoms with Crippen LogP contribution in [0.25, 0.3) is 0 Å². The molecule has 1 amide bonds. The lowest BCUT2D eigenvalue weighted by atomic mass is 10.2. The second-order valence-corrected chi connectivity index (χ2v) is 5.95. The third-order valence-electron chi connectivity index (χ3n) is 2.64. The van der Waals surface area contributed by atoms with Gasteiger partial charge in [0.1, 0.15) is 5.82 Å². The van der Waals surface area contributed by atoms with E-state index in [-0.39, 0.29) is 5.91 Å². The Morgan fingerprint density at radius 2 is 2.37 bits per heavy atom. The number of hydrogen-bond acceptors (Lipinski definition) is 4. The number of nitrogens with zero attached hydrogens (tertiary/aromatic N) is 2. The van der Waals surface area contributed by atoms with Crippen LogP contribution in [0.4, 0.5) is 5.82 Å². The summed E-state index contributed by atoms with van der Waals surface area (Å²) in [4.78, 5) is 19.3. The SMILES string of the molecule is CNc1ncccc1C(=O)N(C)Cc1cc(Br)cs1. The van der Waals surface area contributed by atoms with Crippen LogP contribution in [-0.2, 0) is 6.54 Å². The summed E-state index contributed by atoms with van der Waals surface area (Å²) in [6.45, 7) is 0.590. The molecule has 6 heteroatoms. The van der Waals surface area contributed by atoms with E-state index in [1.807, 2.05) is 11.4 Å². The van der Waals surface area contributed by atoms with Crippen LogP contribution in [0.5, 0.6) is 0 Å². The average Bonchev–Trinajstić information content (AvgIpc) is 2.83. The van der Waals surface area contributed by atoms with E-state index in [9.17, 15) is 4.79 Å². The molecule has 0 bridgehead atoms. The summed E-state index contributed by atoms with van der Waals surface area (Å²) in [6, 6.07) is 5.57. The van der Waals surface area contributed by atoms with Gasteiger partial charge in [-0.3, -0.25) is 4.79 Å². The van der Waals surface area contributed by atoms with E-state index in [0.29, 0.717) is 17.9 Å². The third-order valence-corrected chi connectivity index (χ3v) is 4.32. The molecule has 2 aromatic heterocycles. The fourth-order valence-corrected chi connectivity index (χ4v) is 3.23. The lowest BCUT2D eigenvalue weighted by molar-refractivity contribution is 0.0787. The smallest absolute Gasteiger partial charge is 0.257 e. The normalized spacial score (nSPS) is 10.3. The molecular weight excluding hydrogens is 326 g/mol. The van der Waals surface area contributed by atoms with Gasteiger partial charge in [-0.05, 0) is 34.1 Å². The van der Waals surface area contributed by atoms with Crippen molar-refractivity contribution >= 4 is 39.0 Å². The number of carbonyl (C=O) groups excluding carboxylic acids is 1. The van der Waals surface area contributed by atoms with Gasteiger partial charge < -0.3 is 10.2 Å². The molecule has 4 nitrogen and oxygen atoms in total. The van der Waals surface area contributed by atoms with Gasteiger partial charge in [-0.1, -0.05) is 0 Å². The van der Waals surface area contributed by atoms with E-state index >= 15 is 0 Å². The Morgan fingerprint density at radius 1 is 1.58 bits per heavy atom. The fourth-order valence-electron chi connectivity index (χ4n) is 1.73. The highest BCUT2D eigenvalue weighted by Gasteiger charge is 2.16. The lowest BCUT2D eigenvalue weighted by Gasteiger charge is -2.17. The van der Waals surface area contributed by atoms with Gasteiger partial charge in [0.15, 0.2) is 0 Å². The zero-order chi connectivity index (χ0) is 13.8. The highest BCUT2D eigenvalue weighted by atomic mass is 79.9. The molecule has 0 fully saturated rings. The molecule has 19 heavy (non-hydrogen) atoms. The summed E-state index contributed by atoms with van der Waals surface area (Å²) in [6.07, 6.45) is 1.67. The van der Waals surface area contributed by atoms with Gasteiger partial charge in [-0.15, -0.1) is 11.3 Å². The molecule has 0 unspecified atom stereocenters. The second-order valence-electron chi connectivity index (χ2n) is 4.04. The maximum Gasteiger partial charge on any atom is 0.257 e. The molecule has 0 aliphatic heterocycles. The van der Waals surface area contributed by atoms with Gasteiger partial charge >= 0.3 is 0 Å². The number of aromatic nitrogens is 1. The number of hydrogen-bond donors (Lipinski definition) is 1. The van der Waals surface area contributed by atoms with Gasteiger partial charge in [0, 0.05) is 35.0 Å². The predicted octanol–water partition coefficient (Wildman–Crippen LogP) is 3.22. The van der Waals surface area contributed by atoms with Gasteiger partial charge in [0.25, 0.3) is 5.91 Å². The Kier molecular flexibility index (Phi) is 4.55. The van der Waals surface area contributed by atoms with Crippen molar-refractivity contribution in [3.05, 3.63) is 44.7 Å². The van der Waals surface area contributed by atoms with E-state index < -0.39 is 0 Å². The van der Waals surface area contributed by atoms with Crippen LogP contribution >= 0.6 is 27.3 Å². The summed E-state index contributed by atoms with van der Waals surface area (Å²) < 4.78 is 1.05. The highest BCUT2D eigenvalue weighted by molar-refractivity contribution is 9.10. The summed E-state index contributed by atoms with van der Waals surface area (Å²) >= 11 is 5.04. The first-order valence-electron chi connectivity index (χ1n) is 5.73. The first-order chi connectivity index (χ1) is 9.11. The monoisotopic (exact) mass is 339 g/mol. The third kappa shape index (κ3) is 3.33. The van der Waals surface area contributed by atoms with Crippen LogP contribution in [0.15, 0.2) is 34.2 Å². The van der Waals surface area contributed by atoms with Gasteiger partial charge in [-0.2, -0.15) is 0 Å². The van der Waals surface area contributed by atoms with Gasteiger partial charge in [0.2, 0.25) is 0 Å². The fraction of sp³-hybridized carbons (Fsp3) is 0.231. The van der Waals surface area contributed by atoms with Crippen LogP contribution in [0.1, 0.15) is 15.2 Å². The minimum atomic E-state index is -0.0398. The highest BCUT2D eigenvalue weighted by Crippen LogP contribution is 2.22. The lowest BCUT2D eigenvalue weighted by Crippen LogP contribution is -2.26. The Balaban J connectivity index is 2.14. The van der Waals surface area contributed by atoms with Crippen molar-refractivity contribution in [1.82, 2.24) is 9.88 Å². The molecule has 0 radical (unpaired) electrons. The predicted molar refractivity (Wildman–Crippen MR) is 81.6 cm³/mol. The summed E-state index contributed by atoms with van der Waals surface area (Å²) in [5.74, 6) is 0.564. The quantitative estimate of drug-likeness (QED) is 0.930. The molecule has 0 aliphatic rings. The number of thiophene rings is 1. The number of anilines is 1. The molecule has 0 aromatic carbocycles. The van der Waals surface area contributed by atoms with E-state index in [1.54, 1.807) is 48.7 Å². The largest absolute Gasteiger partial charge is 0.372 e. The molecular formula is C13H14BrN3OS. The average molecular weight is 340 g/mol. The van der Waals surface area contributed by atoms with Crippen molar-refractivity contribution in [3.63, 3.8) is 0 Å². The Morgan fingerprint density at radius 3 is 3.00 bits per heavy atom. The number of nitrogens with one attached hydrogen (secondary N) is 1. The van der Waals surface area contributed by atoms with Crippen LogP contribution in [0.2, 0.25) is 0 Å². The second kappa shape index (κ2) is 6.16. The summed E-state index contributed by atoms with van der Waals surface area (Å²) in [5, 5.41) is 4.95. The molecule has 0 saturated carbocycles. The molecule has 1 N–H and O–H groups in total. The number of halogens is 1. The van der Waals surface area contributed by atoms with Crippen molar-refractivity contribution in [2.24, 2.45) is 0 Å².